The molecular formula is C49H77NO7. The Morgan fingerprint density at radius 1 is 0.544 bits per heavy atom. The van der Waals surface area contributed by atoms with E-state index in [0.717, 1.165) is 83.5 Å². The van der Waals surface area contributed by atoms with Crippen molar-refractivity contribution in [1.29, 1.82) is 0 Å². The summed E-state index contributed by atoms with van der Waals surface area (Å²) in [5.41, 5.74) is 0. The highest BCUT2D eigenvalue weighted by molar-refractivity contribution is 5.70. The lowest BCUT2D eigenvalue weighted by molar-refractivity contribution is -0.889. The quantitative estimate of drug-likeness (QED) is 0.0205. The zero-order valence-corrected chi connectivity index (χ0v) is 36.2. The van der Waals surface area contributed by atoms with E-state index in [1.54, 1.807) is 21.1 Å². The molecule has 0 saturated heterocycles. The maximum absolute atomic E-state index is 12.7. The van der Waals surface area contributed by atoms with Crippen molar-refractivity contribution in [3.63, 3.8) is 0 Å². The number of ether oxygens (including phenoxy) is 3. The van der Waals surface area contributed by atoms with Crippen LogP contribution in [-0.4, -0.2) is 75.5 Å². The van der Waals surface area contributed by atoms with Gasteiger partial charge in [-0.3, -0.25) is 9.59 Å². The summed E-state index contributed by atoms with van der Waals surface area (Å²) in [7, 11) is 5.37. The third-order valence-electron chi connectivity index (χ3n) is 8.75. The van der Waals surface area contributed by atoms with Crippen molar-refractivity contribution in [3.05, 3.63) is 109 Å². The highest BCUT2D eigenvalue weighted by atomic mass is 16.6. The van der Waals surface area contributed by atoms with Crippen LogP contribution in [0.1, 0.15) is 129 Å². The second kappa shape index (κ2) is 38.8. The summed E-state index contributed by atoms with van der Waals surface area (Å²) in [5, 5.41) is 11.6. The minimum Gasteiger partial charge on any atom is -0.544 e. The van der Waals surface area contributed by atoms with Crippen molar-refractivity contribution in [3.8, 4) is 0 Å². The van der Waals surface area contributed by atoms with Gasteiger partial charge in [-0.1, -0.05) is 142 Å². The molecular weight excluding hydrogens is 715 g/mol. The minimum absolute atomic E-state index is 0.00912. The smallest absolute Gasteiger partial charge is 0.306 e. The lowest BCUT2D eigenvalue weighted by atomic mass is 10.1. The van der Waals surface area contributed by atoms with Gasteiger partial charge in [0.05, 0.1) is 40.3 Å². The number of nitrogens with zero attached hydrogens (tertiary/aromatic N) is 1. The van der Waals surface area contributed by atoms with E-state index in [0.29, 0.717) is 12.8 Å². The Kier molecular flexibility index (Phi) is 36.1. The molecule has 2 unspecified atom stereocenters. The van der Waals surface area contributed by atoms with Crippen LogP contribution in [0.2, 0.25) is 0 Å². The van der Waals surface area contributed by atoms with Gasteiger partial charge in [0.25, 0.3) is 0 Å². The molecule has 0 aromatic rings. The number of aliphatic carboxylic acids is 1. The number of carboxylic acid groups (broad SMARTS) is 1. The van der Waals surface area contributed by atoms with Gasteiger partial charge in [-0.2, -0.15) is 0 Å². The van der Waals surface area contributed by atoms with E-state index in [2.05, 4.69) is 86.8 Å². The average Bonchev–Trinajstić information content (AvgIpc) is 3.17. The van der Waals surface area contributed by atoms with Gasteiger partial charge in [-0.05, 0) is 77.0 Å². The van der Waals surface area contributed by atoms with Gasteiger partial charge in [0.2, 0.25) is 0 Å². The number of rotatable bonds is 36. The van der Waals surface area contributed by atoms with E-state index >= 15 is 0 Å². The van der Waals surface area contributed by atoms with E-state index in [4.69, 9.17) is 14.2 Å². The first-order valence-corrected chi connectivity index (χ1v) is 21.5. The van der Waals surface area contributed by atoms with Gasteiger partial charge in [-0.15, -0.1) is 0 Å². The number of quaternary nitrogens is 1. The number of carbonyl (C=O) groups excluding carboxylic acids is 3. The molecule has 0 aliphatic carbocycles. The van der Waals surface area contributed by atoms with Crippen LogP contribution in [0, 0.1) is 0 Å². The van der Waals surface area contributed by atoms with Crippen molar-refractivity contribution >= 4 is 17.9 Å². The summed E-state index contributed by atoms with van der Waals surface area (Å²) >= 11 is 0. The molecule has 2 atom stereocenters. The zero-order chi connectivity index (χ0) is 42.1. The molecule has 0 amide bonds. The number of hydrogen-bond acceptors (Lipinski definition) is 7. The van der Waals surface area contributed by atoms with E-state index in [1.165, 1.54) is 0 Å². The van der Waals surface area contributed by atoms with Crippen LogP contribution in [0.3, 0.4) is 0 Å². The fraction of sp³-hybridized carbons (Fsp3) is 0.571. The molecule has 0 heterocycles. The molecule has 0 N–H and O–H groups in total. The van der Waals surface area contributed by atoms with E-state index in [9.17, 15) is 19.5 Å². The molecule has 0 fully saturated rings. The van der Waals surface area contributed by atoms with Crippen molar-refractivity contribution in [1.82, 2.24) is 0 Å². The summed E-state index contributed by atoms with van der Waals surface area (Å²) in [6.45, 7) is 4.30. The number of allylic oxidation sites excluding steroid dienone is 18. The zero-order valence-electron chi connectivity index (χ0n) is 36.2. The lowest BCUT2D eigenvalue weighted by Gasteiger charge is -2.34. The summed E-state index contributed by atoms with van der Waals surface area (Å²) < 4.78 is 17.1. The first kappa shape index (κ1) is 53.0. The third kappa shape index (κ3) is 37.3. The third-order valence-corrected chi connectivity index (χ3v) is 8.75. The fourth-order valence-electron chi connectivity index (χ4n) is 5.46. The Bertz CT molecular complexity index is 1290. The molecule has 0 saturated carbocycles. The second-order valence-electron chi connectivity index (χ2n) is 14.9. The summed E-state index contributed by atoms with van der Waals surface area (Å²) in [5.74, 6) is -1.84. The topological polar surface area (TPSA) is 102 Å². The van der Waals surface area contributed by atoms with Crippen molar-refractivity contribution in [2.24, 2.45) is 0 Å². The normalized spacial score (nSPS) is 14.1. The summed E-state index contributed by atoms with van der Waals surface area (Å²) in [6.07, 6.45) is 52.6. The monoisotopic (exact) mass is 792 g/mol. The van der Waals surface area contributed by atoms with Crippen molar-refractivity contribution < 1.29 is 38.2 Å². The molecule has 0 aliphatic rings. The van der Waals surface area contributed by atoms with E-state index in [1.807, 2.05) is 36.5 Å². The second-order valence-corrected chi connectivity index (χ2v) is 14.9. The number of unbranched alkanes of at least 4 members (excludes halogenated alkanes) is 7. The van der Waals surface area contributed by atoms with Crippen molar-refractivity contribution in [2.75, 3.05) is 41.0 Å². The number of carbonyl (C=O) groups is 3. The Morgan fingerprint density at radius 2 is 1.02 bits per heavy atom. The molecule has 0 aliphatic heterocycles. The Balaban J connectivity index is 4.48. The number of hydrogen-bond donors (Lipinski definition) is 0. The predicted octanol–water partition coefficient (Wildman–Crippen LogP) is 10.4. The SMILES string of the molecule is CC/C=C/C=C/C=C/C=C/CCCCCC(=O)OCC(COCCC(C(=O)[O-])[N+](C)(C)C)OC(=O)CCCCCC/C=C/C/C=C/C/C=C/C/C=C/C/C=C/CC. The molecule has 0 spiro atoms. The van der Waals surface area contributed by atoms with Gasteiger partial charge in [0.15, 0.2) is 6.10 Å². The van der Waals surface area contributed by atoms with Crippen LogP contribution >= 0.6 is 0 Å². The van der Waals surface area contributed by atoms with Crippen molar-refractivity contribution in [2.45, 2.75) is 142 Å². The van der Waals surface area contributed by atoms with Gasteiger partial charge in [-0.25, -0.2) is 0 Å². The number of likely N-dealkylation sites (N-methyl/N-ethyl adjacent to an activating group) is 1. The fourth-order valence-corrected chi connectivity index (χ4v) is 5.46. The van der Waals surface area contributed by atoms with Crippen LogP contribution in [0.5, 0.6) is 0 Å². The van der Waals surface area contributed by atoms with Gasteiger partial charge in [0, 0.05) is 19.3 Å². The largest absolute Gasteiger partial charge is 0.544 e. The molecule has 8 heteroatoms. The minimum atomic E-state index is -1.14. The van der Waals surface area contributed by atoms with Crippen LogP contribution in [-0.2, 0) is 28.6 Å². The first-order chi connectivity index (χ1) is 27.6. The predicted molar refractivity (Wildman–Crippen MR) is 235 cm³/mol. The van der Waals surface area contributed by atoms with E-state index < -0.39 is 18.1 Å². The Morgan fingerprint density at radius 3 is 1.58 bits per heavy atom. The van der Waals surface area contributed by atoms with Crippen LogP contribution in [0.4, 0.5) is 0 Å². The molecule has 0 bridgehead atoms. The Labute approximate surface area is 347 Å². The summed E-state index contributed by atoms with van der Waals surface area (Å²) in [6, 6.07) is -0.744. The van der Waals surface area contributed by atoms with Crippen LogP contribution in [0.25, 0.3) is 0 Å². The van der Waals surface area contributed by atoms with Gasteiger partial charge < -0.3 is 28.6 Å². The highest BCUT2D eigenvalue weighted by Gasteiger charge is 2.25. The maximum atomic E-state index is 12.7. The highest BCUT2D eigenvalue weighted by Crippen LogP contribution is 2.11. The maximum Gasteiger partial charge on any atom is 0.306 e. The molecule has 320 valence electrons. The molecule has 0 rings (SSSR count). The summed E-state index contributed by atoms with van der Waals surface area (Å²) in [4.78, 5) is 36.8. The average molecular weight is 792 g/mol. The molecule has 0 radical (unpaired) electrons. The van der Waals surface area contributed by atoms with Crippen LogP contribution in [0.15, 0.2) is 109 Å². The Hall–Kier alpha value is -4.01. The van der Waals surface area contributed by atoms with Gasteiger partial charge in [0.1, 0.15) is 12.6 Å². The van der Waals surface area contributed by atoms with Crippen LogP contribution < -0.4 is 5.11 Å². The van der Waals surface area contributed by atoms with E-state index in [-0.39, 0.29) is 55.5 Å². The molecule has 57 heavy (non-hydrogen) atoms. The molecule has 0 aromatic heterocycles. The molecule has 8 nitrogen and oxygen atoms in total. The first-order valence-electron chi connectivity index (χ1n) is 21.5. The number of carboxylic acids is 1. The molecule has 0 aromatic carbocycles. The number of esters is 2. The lowest BCUT2D eigenvalue weighted by Crippen LogP contribution is -2.55. The standard InChI is InChI=1S/C49H77NO7/c1-6-8-10-12-14-16-18-20-21-22-23-24-25-26-28-30-32-34-36-38-40-48(52)57-45(43-55-42-41-46(49(53)54)50(3,4)5)44-56-47(51)39-37-35-33-31-29-27-19-17-15-13-11-9-7-2/h8-11,13-17,19-21,23-24,26-29,45-46H,6-7,12,18,22,25,30-44H2,1-5H3/b10-8+,11-9+,15-13+,16-14+,19-17+,21-20+,24-23+,28-26+,29-27+. The van der Waals surface area contributed by atoms with Gasteiger partial charge >= 0.3 is 11.9 Å².